The van der Waals surface area contributed by atoms with Crippen LogP contribution in [0, 0.1) is 0 Å². The Labute approximate surface area is 133 Å². The molecule has 1 amide bonds. The average Bonchev–Trinajstić information content (AvgIpc) is 3.09. The summed E-state index contributed by atoms with van der Waals surface area (Å²) in [6.45, 7) is 4.62. The summed E-state index contributed by atoms with van der Waals surface area (Å²) >= 11 is 1.69. The van der Waals surface area contributed by atoms with Gasteiger partial charge in [0.15, 0.2) is 0 Å². The highest BCUT2D eigenvalue weighted by atomic mass is 32.1. The first-order chi connectivity index (χ1) is 10.6. The van der Waals surface area contributed by atoms with Gasteiger partial charge in [0.1, 0.15) is 6.10 Å². The smallest absolute Gasteiger partial charge is 0.414 e. The van der Waals surface area contributed by atoms with E-state index in [0.717, 1.165) is 33.8 Å². The molecule has 3 rings (SSSR count). The molecule has 2 atom stereocenters. The number of hydrogen-bond acceptors (Lipinski definition) is 5. The topological polar surface area (TPSA) is 62.7 Å². The number of carbonyl (C=O) groups excluding carboxylic acids is 1. The molecule has 6 heteroatoms. The standard InChI is InChI=1S/C16H20N2O3S/c1-3-4-10(2)15-17-13-6-5-11(7-14(13)22-15)18-8-12(9-19)21-16(18)20/h5-7,10,12,19H,3-4,8-9H2,1-2H3/t10-,12?/m0/s1. The van der Waals surface area contributed by atoms with Crippen LogP contribution in [0.5, 0.6) is 0 Å². The molecule has 1 aromatic carbocycles. The minimum absolute atomic E-state index is 0.149. The number of fused-ring (bicyclic) bond motifs is 1. The molecule has 0 saturated carbocycles. The van der Waals surface area contributed by atoms with Gasteiger partial charge in [-0.3, -0.25) is 4.90 Å². The van der Waals surface area contributed by atoms with E-state index in [4.69, 9.17) is 14.8 Å². The molecule has 0 radical (unpaired) electrons. The van der Waals surface area contributed by atoms with E-state index in [1.165, 1.54) is 0 Å². The molecular formula is C16H20N2O3S. The number of aliphatic hydroxyl groups excluding tert-OH is 1. The molecule has 2 heterocycles. The number of rotatable bonds is 5. The summed E-state index contributed by atoms with van der Waals surface area (Å²) in [5.41, 5.74) is 1.77. The fourth-order valence-electron chi connectivity index (χ4n) is 2.69. The molecule has 1 aromatic heterocycles. The van der Waals surface area contributed by atoms with Gasteiger partial charge in [-0.05, 0) is 24.6 Å². The summed E-state index contributed by atoms with van der Waals surface area (Å²) in [6, 6.07) is 5.82. The van der Waals surface area contributed by atoms with E-state index in [0.29, 0.717) is 12.5 Å². The molecule has 1 aliphatic rings. The largest absolute Gasteiger partial charge is 0.441 e. The number of benzene rings is 1. The number of nitrogens with zero attached hydrogens (tertiary/aromatic N) is 2. The Morgan fingerprint density at radius 1 is 1.55 bits per heavy atom. The molecule has 1 aliphatic heterocycles. The van der Waals surface area contributed by atoms with Gasteiger partial charge >= 0.3 is 6.09 Å². The molecule has 0 aliphatic carbocycles. The van der Waals surface area contributed by atoms with Crippen molar-refractivity contribution in [1.29, 1.82) is 0 Å². The molecule has 22 heavy (non-hydrogen) atoms. The van der Waals surface area contributed by atoms with E-state index >= 15 is 0 Å². The van der Waals surface area contributed by atoms with Crippen LogP contribution in [0.15, 0.2) is 18.2 Å². The van der Waals surface area contributed by atoms with Crippen molar-refractivity contribution in [2.45, 2.75) is 38.7 Å². The van der Waals surface area contributed by atoms with Crippen LogP contribution in [-0.4, -0.2) is 35.4 Å². The Kier molecular flexibility index (Phi) is 4.31. The first-order valence-corrected chi connectivity index (χ1v) is 8.43. The van der Waals surface area contributed by atoms with Crippen LogP contribution < -0.4 is 4.90 Å². The lowest BCUT2D eigenvalue weighted by Gasteiger charge is -2.12. The van der Waals surface area contributed by atoms with Crippen molar-refractivity contribution >= 4 is 33.3 Å². The molecule has 1 fully saturated rings. The van der Waals surface area contributed by atoms with Gasteiger partial charge in [0.25, 0.3) is 0 Å². The maximum atomic E-state index is 11.9. The van der Waals surface area contributed by atoms with Gasteiger partial charge in [0, 0.05) is 11.6 Å². The van der Waals surface area contributed by atoms with Gasteiger partial charge in [-0.15, -0.1) is 11.3 Å². The molecule has 0 bridgehead atoms. The Bertz CT molecular complexity index is 685. The third-order valence-corrected chi connectivity index (χ3v) is 5.17. The number of anilines is 1. The van der Waals surface area contributed by atoms with Gasteiger partial charge in [-0.25, -0.2) is 9.78 Å². The number of ether oxygens (including phenoxy) is 1. The number of thiazole rings is 1. The maximum Gasteiger partial charge on any atom is 0.414 e. The van der Waals surface area contributed by atoms with Crippen LogP contribution in [0.3, 0.4) is 0 Å². The summed E-state index contributed by atoms with van der Waals surface area (Å²) in [7, 11) is 0. The number of carbonyl (C=O) groups is 1. The Balaban J connectivity index is 1.88. The first-order valence-electron chi connectivity index (χ1n) is 7.61. The van der Waals surface area contributed by atoms with Crippen molar-refractivity contribution in [3.63, 3.8) is 0 Å². The summed E-state index contributed by atoms with van der Waals surface area (Å²) in [5, 5.41) is 10.3. The highest BCUT2D eigenvalue weighted by Crippen LogP contribution is 2.33. The molecule has 5 nitrogen and oxygen atoms in total. The predicted octanol–water partition coefficient (Wildman–Crippen LogP) is 3.52. The molecule has 118 valence electrons. The Morgan fingerprint density at radius 3 is 3.05 bits per heavy atom. The minimum Gasteiger partial charge on any atom is -0.441 e. The summed E-state index contributed by atoms with van der Waals surface area (Å²) < 4.78 is 6.17. The van der Waals surface area contributed by atoms with E-state index in [2.05, 4.69) is 13.8 Å². The second kappa shape index (κ2) is 6.22. The molecule has 1 unspecified atom stereocenters. The van der Waals surface area contributed by atoms with Crippen LogP contribution in [-0.2, 0) is 4.74 Å². The van der Waals surface area contributed by atoms with E-state index in [1.54, 1.807) is 16.2 Å². The van der Waals surface area contributed by atoms with E-state index in [9.17, 15) is 4.79 Å². The lowest BCUT2D eigenvalue weighted by atomic mass is 10.1. The zero-order valence-corrected chi connectivity index (χ0v) is 13.6. The van der Waals surface area contributed by atoms with Gasteiger partial charge < -0.3 is 9.84 Å². The normalized spacial score (nSPS) is 19.7. The molecule has 1 N–H and O–H groups in total. The highest BCUT2D eigenvalue weighted by molar-refractivity contribution is 7.18. The van der Waals surface area contributed by atoms with Crippen molar-refractivity contribution in [3.8, 4) is 0 Å². The predicted molar refractivity (Wildman–Crippen MR) is 87.6 cm³/mol. The van der Waals surface area contributed by atoms with Crippen LogP contribution >= 0.6 is 11.3 Å². The van der Waals surface area contributed by atoms with Crippen LogP contribution in [0.4, 0.5) is 10.5 Å². The zero-order chi connectivity index (χ0) is 15.7. The zero-order valence-electron chi connectivity index (χ0n) is 12.8. The van der Waals surface area contributed by atoms with Crippen LogP contribution in [0.2, 0.25) is 0 Å². The Morgan fingerprint density at radius 2 is 2.36 bits per heavy atom. The average molecular weight is 320 g/mol. The van der Waals surface area contributed by atoms with Crippen molar-refractivity contribution in [2.24, 2.45) is 0 Å². The minimum atomic E-state index is -0.440. The Hall–Kier alpha value is -1.66. The SMILES string of the molecule is CCC[C@H](C)c1nc2ccc(N3CC(CO)OC3=O)cc2s1. The van der Waals surface area contributed by atoms with Crippen molar-refractivity contribution < 1.29 is 14.6 Å². The van der Waals surface area contributed by atoms with E-state index < -0.39 is 12.2 Å². The van der Waals surface area contributed by atoms with Gasteiger partial charge in [-0.2, -0.15) is 0 Å². The third kappa shape index (κ3) is 2.80. The quantitative estimate of drug-likeness (QED) is 0.915. The van der Waals surface area contributed by atoms with Crippen molar-refractivity contribution in [1.82, 2.24) is 4.98 Å². The second-order valence-electron chi connectivity index (χ2n) is 5.69. The van der Waals surface area contributed by atoms with Gasteiger partial charge in [-0.1, -0.05) is 20.3 Å². The van der Waals surface area contributed by atoms with Gasteiger partial charge in [0.2, 0.25) is 0 Å². The number of amides is 1. The summed E-state index contributed by atoms with van der Waals surface area (Å²) in [6.07, 6.45) is 1.43. The summed E-state index contributed by atoms with van der Waals surface area (Å²) in [5.74, 6) is 0.460. The second-order valence-corrected chi connectivity index (χ2v) is 6.76. The highest BCUT2D eigenvalue weighted by Gasteiger charge is 2.32. The first kappa shape index (κ1) is 15.2. The van der Waals surface area contributed by atoms with Crippen LogP contribution in [0.25, 0.3) is 10.2 Å². The van der Waals surface area contributed by atoms with Crippen LogP contribution in [0.1, 0.15) is 37.6 Å². The lowest BCUT2D eigenvalue weighted by molar-refractivity contribution is 0.0963. The number of aromatic nitrogens is 1. The molecule has 0 spiro atoms. The molecule has 1 saturated heterocycles. The monoisotopic (exact) mass is 320 g/mol. The number of aliphatic hydroxyl groups is 1. The van der Waals surface area contributed by atoms with Gasteiger partial charge in [0.05, 0.1) is 28.4 Å². The maximum absolute atomic E-state index is 11.9. The third-order valence-electron chi connectivity index (χ3n) is 3.92. The van der Waals surface area contributed by atoms with Crippen molar-refractivity contribution in [3.05, 3.63) is 23.2 Å². The van der Waals surface area contributed by atoms with E-state index in [1.807, 2.05) is 18.2 Å². The number of cyclic esters (lactones) is 1. The molecule has 2 aromatic rings. The van der Waals surface area contributed by atoms with E-state index in [-0.39, 0.29) is 6.61 Å². The number of hydrogen-bond donors (Lipinski definition) is 1. The van der Waals surface area contributed by atoms with Crippen molar-refractivity contribution in [2.75, 3.05) is 18.1 Å². The molecular weight excluding hydrogens is 300 g/mol. The summed E-state index contributed by atoms with van der Waals surface area (Å²) in [4.78, 5) is 18.1. The lowest BCUT2D eigenvalue weighted by Crippen LogP contribution is -2.25. The fourth-order valence-corrected chi connectivity index (χ4v) is 3.78. The fraction of sp³-hybridized carbons (Fsp3) is 0.500.